The van der Waals surface area contributed by atoms with Crippen molar-refractivity contribution in [3.05, 3.63) is 12.2 Å². The SMILES string of the molecule is CCCCCCCC/C=C\CCCCCCCCOCC(COP(=O)(O)O)OC. The van der Waals surface area contributed by atoms with Crippen LogP contribution in [0.4, 0.5) is 0 Å². The Morgan fingerprint density at radius 2 is 1.31 bits per heavy atom. The van der Waals surface area contributed by atoms with Gasteiger partial charge in [0.2, 0.25) is 0 Å². The minimum absolute atomic E-state index is 0.172. The molecule has 0 saturated carbocycles. The Hall–Kier alpha value is -0.230. The van der Waals surface area contributed by atoms with E-state index in [2.05, 4.69) is 23.6 Å². The summed E-state index contributed by atoms with van der Waals surface area (Å²) in [7, 11) is -2.98. The second-order valence-electron chi connectivity index (χ2n) is 7.66. The van der Waals surface area contributed by atoms with Crippen molar-refractivity contribution in [1.82, 2.24) is 0 Å². The minimum Gasteiger partial charge on any atom is -0.379 e. The van der Waals surface area contributed by atoms with E-state index in [1.165, 1.54) is 84.2 Å². The van der Waals surface area contributed by atoms with Crippen LogP contribution < -0.4 is 0 Å². The number of hydrogen-bond acceptors (Lipinski definition) is 4. The first-order chi connectivity index (χ1) is 14.0. The van der Waals surface area contributed by atoms with Crippen LogP contribution in [0.5, 0.6) is 0 Å². The third-order valence-electron chi connectivity index (χ3n) is 4.87. The van der Waals surface area contributed by atoms with Gasteiger partial charge in [-0.15, -0.1) is 0 Å². The van der Waals surface area contributed by atoms with Crippen molar-refractivity contribution in [3.8, 4) is 0 Å². The average molecular weight is 437 g/mol. The number of allylic oxidation sites excluding steroid dienone is 2. The molecule has 0 amide bonds. The zero-order valence-electron chi connectivity index (χ0n) is 18.7. The Labute approximate surface area is 178 Å². The topological polar surface area (TPSA) is 85.2 Å². The molecule has 2 N–H and O–H groups in total. The Bertz CT molecular complexity index is 410. The molecule has 0 radical (unpaired) electrons. The average Bonchev–Trinajstić information content (AvgIpc) is 2.68. The first-order valence-electron chi connectivity index (χ1n) is 11.4. The molecule has 0 aromatic heterocycles. The summed E-state index contributed by atoms with van der Waals surface area (Å²) in [5.41, 5.74) is 0. The van der Waals surface area contributed by atoms with Crippen molar-refractivity contribution >= 4 is 7.82 Å². The van der Waals surface area contributed by atoms with Crippen LogP contribution in [0, 0.1) is 0 Å². The molecular weight excluding hydrogens is 391 g/mol. The van der Waals surface area contributed by atoms with E-state index in [1.54, 1.807) is 0 Å². The molecular formula is C22H45O6P. The van der Waals surface area contributed by atoms with Crippen LogP contribution >= 0.6 is 7.82 Å². The van der Waals surface area contributed by atoms with Crippen molar-refractivity contribution in [2.75, 3.05) is 26.9 Å². The van der Waals surface area contributed by atoms with Gasteiger partial charge >= 0.3 is 7.82 Å². The van der Waals surface area contributed by atoms with Crippen LogP contribution in [0.1, 0.15) is 96.8 Å². The number of rotatable bonds is 22. The van der Waals surface area contributed by atoms with Crippen molar-refractivity contribution in [3.63, 3.8) is 0 Å². The van der Waals surface area contributed by atoms with E-state index < -0.39 is 13.9 Å². The maximum atomic E-state index is 10.7. The lowest BCUT2D eigenvalue weighted by Gasteiger charge is -2.16. The van der Waals surface area contributed by atoms with Crippen LogP contribution in [0.15, 0.2) is 12.2 Å². The zero-order valence-corrected chi connectivity index (χ0v) is 19.6. The van der Waals surface area contributed by atoms with Crippen LogP contribution in [0.25, 0.3) is 0 Å². The van der Waals surface area contributed by atoms with Crippen LogP contribution in [0.3, 0.4) is 0 Å². The second kappa shape index (κ2) is 21.0. The Morgan fingerprint density at radius 3 is 1.83 bits per heavy atom. The lowest BCUT2D eigenvalue weighted by atomic mass is 10.1. The van der Waals surface area contributed by atoms with Crippen molar-refractivity contribution in [2.45, 2.75) is 103 Å². The molecule has 0 aromatic rings. The van der Waals surface area contributed by atoms with Gasteiger partial charge in [0.1, 0.15) is 6.10 Å². The molecule has 0 rings (SSSR count). The zero-order chi connectivity index (χ0) is 21.6. The normalized spacial score (nSPS) is 13.4. The highest BCUT2D eigenvalue weighted by Crippen LogP contribution is 2.35. The van der Waals surface area contributed by atoms with Gasteiger partial charge in [0.05, 0.1) is 13.2 Å². The molecule has 0 aromatic carbocycles. The molecule has 0 saturated heterocycles. The lowest BCUT2D eigenvalue weighted by molar-refractivity contribution is -0.0201. The summed E-state index contributed by atoms with van der Waals surface area (Å²) in [5.74, 6) is 0. The number of methoxy groups -OCH3 is 1. The predicted molar refractivity (Wildman–Crippen MR) is 119 cm³/mol. The van der Waals surface area contributed by atoms with Gasteiger partial charge in [-0.1, -0.05) is 76.9 Å². The Balaban J connectivity index is 3.30. The molecule has 0 spiro atoms. The largest absolute Gasteiger partial charge is 0.469 e. The summed E-state index contributed by atoms with van der Waals surface area (Å²) in [5, 5.41) is 0. The number of ether oxygens (including phenoxy) is 2. The first-order valence-corrected chi connectivity index (χ1v) is 13.0. The highest BCUT2D eigenvalue weighted by Gasteiger charge is 2.18. The number of phosphoric ester groups is 1. The van der Waals surface area contributed by atoms with E-state index in [9.17, 15) is 4.57 Å². The molecule has 29 heavy (non-hydrogen) atoms. The van der Waals surface area contributed by atoms with Gasteiger partial charge in [0.25, 0.3) is 0 Å². The van der Waals surface area contributed by atoms with Gasteiger partial charge in [0, 0.05) is 13.7 Å². The van der Waals surface area contributed by atoms with E-state index in [0.29, 0.717) is 6.61 Å². The molecule has 0 fully saturated rings. The van der Waals surface area contributed by atoms with Gasteiger partial charge in [-0.05, 0) is 32.1 Å². The molecule has 0 aliphatic heterocycles. The summed E-state index contributed by atoms with van der Waals surface area (Å²) in [6.45, 7) is 3.00. The highest BCUT2D eigenvalue weighted by atomic mass is 31.2. The summed E-state index contributed by atoms with van der Waals surface area (Å²) in [6, 6.07) is 0. The molecule has 0 aliphatic carbocycles. The van der Waals surface area contributed by atoms with Crippen molar-refractivity contribution in [1.29, 1.82) is 0 Å². The molecule has 7 heteroatoms. The molecule has 0 aliphatic rings. The van der Waals surface area contributed by atoms with Crippen molar-refractivity contribution in [2.24, 2.45) is 0 Å². The Morgan fingerprint density at radius 1 is 0.793 bits per heavy atom. The molecule has 0 heterocycles. The lowest BCUT2D eigenvalue weighted by Crippen LogP contribution is -2.24. The van der Waals surface area contributed by atoms with Crippen LogP contribution in [-0.4, -0.2) is 42.8 Å². The summed E-state index contributed by atoms with van der Waals surface area (Å²) in [6.07, 6.45) is 22.1. The summed E-state index contributed by atoms with van der Waals surface area (Å²) in [4.78, 5) is 17.4. The molecule has 1 atom stereocenters. The second-order valence-corrected chi connectivity index (χ2v) is 8.90. The van der Waals surface area contributed by atoms with E-state index in [1.807, 2.05) is 0 Å². The quantitative estimate of drug-likeness (QED) is 0.120. The maximum Gasteiger partial charge on any atom is 0.469 e. The number of hydrogen-bond donors (Lipinski definition) is 2. The van der Waals surface area contributed by atoms with Crippen LogP contribution in [0.2, 0.25) is 0 Å². The van der Waals surface area contributed by atoms with Gasteiger partial charge in [-0.25, -0.2) is 4.57 Å². The standard InChI is InChI=1S/C22H45O6P/c1-3-4-5-6-7-8-9-10-11-12-13-14-15-16-17-18-19-27-20-22(26-2)21-28-29(23,24)25/h10-11,22H,3-9,12-21H2,1-2H3,(H2,23,24,25)/b11-10-. The number of phosphoric acid groups is 1. The molecule has 0 bridgehead atoms. The van der Waals surface area contributed by atoms with Gasteiger partial charge in [0.15, 0.2) is 0 Å². The fourth-order valence-corrected chi connectivity index (χ4v) is 3.39. The van der Waals surface area contributed by atoms with Crippen molar-refractivity contribution < 1.29 is 28.3 Å². The van der Waals surface area contributed by atoms with Crippen LogP contribution in [-0.2, 0) is 18.6 Å². The van der Waals surface area contributed by atoms with E-state index in [0.717, 1.165) is 12.8 Å². The predicted octanol–water partition coefficient (Wildman–Crippen LogP) is 6.16. The summed E-state index contributed by atoms with van der Waals surface area (Å²) < 4.78 is 25.7. The third-order valence-corrected chi connectivity index (χ3v) is 5.35. The maximum absolute atomic E-state index is 10.7. The fourth-order valence-electron chi connectivity index (χ4n) is 3.03. The third kappa shape index (κ3) is 23.9. The fraction of sp³-hybridized carbons (Fsp3) is 0.909. The summed E-state index contributed by atoms with van der Waals surface area (Å²) >= 11 is 0. The molecule has 6 nitrogen and oxygen atoms in total. The minimum atomic E-state index is -4.45. The van der Waals surface area contributed by atoms with Gasteiger partial charge < -0.3 is 19.3 Å². The van der Waals surface area contributed by atoms with E-state index in [4.69, 9.17) is 19.3 Å². The monoisotopic (exact) mass is 436 g/mol. The molecule has 174 valence electrons. The molecule has 1 unspecified atom stereocenters. The highest BCUT2D eigenvalue weighted by molar-refractivity contribution is 7.46. The van der Waals surface area contributed by atoms with Gasteiger partial charge in [-0.3, -0.25) is 4.52 Å². The number of unbranched alkanes of at least 4 members (excludes halogenated alkanes) is 12. The van der Waals surface area contributed by atoms with E-state index >= 15 is 0 Å². The Kier molecular flexibility index (Phi) is 20.9. The smallest absolute Gasteiger partial charge is 0.379 e. The van der Waals surface area contributed by atoms with Gasteiger partial charge in [-0.2, -0.15) is 0 Å². The van der Waals surface area contributed by atoms with E-state index in [-0.39, 0.29) is 13.2 Å². The first kappa shape index (κ1) is 28.8.